The second-order valence-corrected chi connectivity index (χ2v) is 15.4. The van der Waals surface area contributed by atoms with Gasteiger partial charge in [0.1, 0.15) is 18.0 Å². The molecule has 0 fully saturated rings. The Morgan fingerprint density at radius 3 is 1.76 bits per heavy atom. The lowest BCUT2D eigenvalue weighted by Crippen LogP contribution is -2.38. The van der Waals surface area contributed by atoms with Gasteiger partial charge < -0.3 is 11.5 Å². The molecule has 3 heterocycles. The zero-order valence-corrected chi connectivity index (χ0v) is 28.3. The predicted octanol–water partition coefficient (Wildman–Crippen LogP) is 10.3. The molecule has 1 aliphatic rings. The lowest BCUT2D eigenvalue weighted by atomic mass is 9.82. The van der Waals surface area contributed by atoms with E-state index in [1.807, 2.05) is 76.2 Å². The molecule has 0 spiro atoms. The number of benzene rings is 2. The van der Waals surface area contributed by atoms with Crippen molar-refractivity contribution < 1.29 is 8.78 Å². The maximum Gasteiger partial charge on any atom is 0.125 e. The zero-order chi connectivity index (χ0) is 31.8. The van der Waals surface area contributed by atoms with Gasteiger partial charge in [-0.15, -0.1) is 22.7 Å². The van der Waals surface area contributed by atoms with E-state index < -0.39 is 18.4 Å². The Hall–Kier alpha value is -3.24. The van der Waals surface area contributed by atoms with Crippen LogP contribution >= 0.6 is 34.4 Å². The maximum atomic E-state index is 14.6. The first-order valence-electron chi connectivity index (χ1n) is 15.4. The molecule has 5 aromatic rings. The van der Waals surface area contributed by atoms with E-state index in [1.54, 1.807) is 22.7 Å². The number of alkyl halides is 2. The summed E-state index contributed by atoms with van der Waals surface area (Å²) in [4.78, 5) is 4.19. The molecule has 3 aromatic heterocycles. The molecule has 0 radical (unpaired) electrons. The van der Waals surface area contributed by atoms with Gasteiger partial charge in [0.25, 0.3) is 0 Å². The molecule has 1 aliphatic carbocycles. The monoisotopic (exact) mass is 660 g/mol. The normalized spacial score (nSPS) is 18.1. The minimum Gasteiger partial charge on any atom is -0.400 e. The summed E-state index contributed by atoms with van der Waals surface area (Å²) in [5.41, 5.74) is 20.2. The number of halogens is 2. The summed E-state index contributed by atoms with van der Waals surface area (Å²) in [5, 5.41) is 0. The smallest absolute Gasteiger partial charge is 0.125 e. The van der Waals surface area contributed by atoms with Crippen LogP contribution in [0.3, 0.4) is 0 Å². The van der Waals surface area contributed by atoms with Gasteiger partial charge in [-0.1, -0.05) is 76.2 Å². The maximum absolute atomic E-state index is 14.6. The Labute approximate surface area is 276 Å². The SMILES string of the molecule is CC(C)CC(F)c1ccc(-c2ccc(C3=C(N)C(N)C(c4ccc(-c5ccc(C(F)CC(C)C)cc5)s4)c4nsnc43)s2)cc1. The van der Waals surface area contributed by atoms with Crippen molar-refractivity contribution in [3.63, 3.8) is 0 Å². The lowest BCUT2D eigenvalue weighted by molar-refractivity contribution is 0.289. The quantitative estimate of drug-likeness (QED) is 0.156. The molecule has 9 heteroatoms. The average Bonchev–Trinajstić information content (AvgIpc) is 3.79. The number of nitrogens with zero attached hydrogens (tertiary/aromatic N) is 2. The summed E-state index contributed by atoms with van der Waals surface area (Å²) in [6.07, 6.45) is -0.886. The molecule has 0 bridgehead atoms. The summed E-state index contributed by atoms with van der Waals surface area (Å²) < 4.78 is 38.7. The number of rotatable bonds is 10. The highest BCUT2D eigenvalue weighted by molar-refractivity contribution is 7.16. The van der Waals surface area contributed by atoms with E-state index >= 15 is 0 Å². The second kappa shape index (κ2) is 13.2. The van der Waals surface area contributed by atoms with Crippen molar-refractivity contribution in [2.75, 3.05) is 0 Å². The highest BCUT2D eigenvalue weighted by Gasteiger charge is 2.38. The highest BCUT2D eigenvalue weighted by Crippen LogP contribution is 2.46. The molecular formula is C36H38F2N4S3. The highest BCUT2D eigenvalue weighted by atomic mass is 32.1. The summed E-state index contributed by atoms with van der Waals surface area (Å²) in [6, 6.07) is 23.3. The molecule has 4 nitrogen and oxygen atoms in total. The molecular weight excluding hydrogens is 623 g/mol. The van der Waals surface area contributed by atoms with E-state index in [9.17, 15) is 8.78 Å². The average molecular weight is 661 g/mol. The largest absolute Gasteiger partial charge is 0.400 e. The Balaban J connectivity index is 1.25. The van der Waals surface area contributed by atoms with Crippen molar-refractivity contribution in [3.05, 3.63) is 111 Å². The van der Waals surface area contributed by atoms with E-state index in [1.165, 1.54) is 11.7 Å². The van der Waals surface area contributed by atoms with Crippen LogP contribution in [0, 0.1) is 11.8 Å². The molecule has 0 aliphatic heterocycles. The van der Waals surface area contributed by atoms with Gasteiger partial charge in [0.2, 0.25) is 0 Å². The molecule has 234 valence electrons. The van der Waals surface area contributed by atoms with Crippen LogP contribution < -0.4 is 11.5 Å². The first kappa shape index (κ1) is 31.7. The van der Waals surface area contributed by atoms with E-state index in [-0.39, 0.29) is 5.92 Å². The van der Waals surface area contributed by atoms with E-state index in [2.05, 4.69) is 24.3 Å². The zero-order valence-electron chi connectivity index (χ0n) is 25.8. The summed E-state index contributed by atoms with van der Waals surface area (Å²) >= 11 is 4.45. The van der Waals surface area contributed by atoms with Gasteiger partial charge in [-0.05, 0) is 71.2 Å². The van der Waals surface area contributed by atoms with Crippen LogP contribution in [0.4, 0.5) is 8.78 Å². The van der Waals surface area contributed by atoms with Crippen LogP contribution in [-0.4, -0.2) is 14.8 Å². The fourth-order valence-corrected chi connectivity index (χ4v) is 8.75. The van der Waals surface area contributed by atoms with Gasteiger partial charge in [0.15, 0.2) is 0 Å². The summed E-state index contributed by atoms with van der Waals surface area (Å²) in [5.74, 6) is 0.389. The Bertz CT molecular complexity index is 1780. The third-order valence-electron chi connectivity index (χ3n) is 8.31. The summed E-state index contributed by atoms with van der Waals surface area (Å²) in [6.45, 7) is 8.14. The fraction of sp³-hybridized carbons (Fsp3) is 0.333. The molecule has 4 N–H and O–H groups in total. The van der Waals surface area contributed by atoms with Crippen LogP contribution in [0.5, 0.6) is 0 Å². The molecule has 4 atom stereocenters. The minimum atomic E-state index is -0.959. The Kier molecular flexibility index (Phi) is 9.34. The number of nitrogens with two attached hydrogens (primary N) is 2. The van der Waals surface area contributed by atoms with Crippen molar-refractivity contribution >= 4 is 40.0 Å². The van der Waals surface area contributed by atoms with Crippen LogP contribution in [-0.2, 0) is 0 Å². The van der Waals surface area contributed by atoms with Gasteiger partial charge in [0, 0.05) is 30.8 Å². The van der Waals surface area contributed by atoms with Crippen molar-refractivity contribution in [2.24, 2.45) is 23.3 Å². The van der Waals surface area contributed by atoms with Crippen LogP contribution in [0.25, 0.3) is 26.5 Å². The first-order chi connectivity index (χ1) is 21.6. The molecule has 45 heavy (non-hydrogen) atoms. The lowest BCUT2D eigenvalue weighted by Gasteiger charge is -2.29. The number of thiophene rings is 2. The summed E-state index contributed by atoms with van der Waals surface area (Å²) in [7, 11) is 0. The number of hydrogen-bond acceptors (Lipinski definition) is 7. The van der Waals surface area contributed by atoms with Gasteiger partial charge >= 0.3 is 0 Å². The third kappa shape index (κ3) is 6.54. The van der Waals surface area contributed by atoms with Gasteiger partial charge in [0.05, 0.1) is 29.4 Å². The van der Waals surface area contributed by atoms with Gasteiger partial charge in [-0.3, -0.25) is 0 Å². The molecule has 0 saturated heterocycles. The fourth-order valence-electron chi connectivity index (χ4n) is 5.91. The molecule has 0 amide bonds. The third-order valence-corrected chi connectivity index (χ3v) is 11.2. The first-order valence-corrected chi connectivity index (χ1v) is 17.7. The van der Waals surface area contributed by atoms with Crippen LogP contribution in [0.2, 0.25) is 0 Å². The van der Waals surface area contributed by atoms with Crippen molar-refractivity contribution in [3.8, 4) is 20.9 Å². The van der Waals surface area contributed by atoms with Crippen molar-refractivity contribution in [1.82, 2.24) is 8.75 Å². The standard InChI is InChI=1S/C36H38F2N4S3/c1-19(2)17-25(37)21-5-9-23(10-6-21)27-13-15-29(43-27)31-33(39)34(40)32(36-35(31)41-45-42-36)30-16-14-28(44-30)24-11-7-22(8-12-24)26(38)18-20(3)4/h5-16,19-20,25-26,31,33H,17-18,39-40H2,1-4H3. The molecule has 2 aromatic carbocycles. The van der Waals surface area contributed by atoms with E-state index in [4.69, 9.17) is 20.2 Å². The van der Waals surface area contributed by atoms with Crippen LogP contribution in [0.15, 0.2) is 78.5 Å². The molecule has 6 rings (SSSR count). The Morgan fingerprint density at radius 2 is 1.20 bits per heavy atom. The Morgan fingerprint density at radius 1 is 0.689 bits per heavy atom. The molecule has 0 saturated carbocycles. The number of aromatic nitrogens is 2. The number of hydrogen-bond donors (Lipinski definition) is 2. The second-order valence-electron chi connectivity index (χ2n) is 12.6. The number of fused-ring (bicyclic) bond motifs is 1. The van der Waals surface area contributed by atoms with Crippen molar-refractivity contribution in [2.45, 2.75) is 64.8 Å². The minimum absolute atomic E-state index is 0.215. The van der Waals surface area contributed by atoms with Crippen LogP contribution in [0.1, 0.15) is 91.1 Å². The van der Waals surface area contributed by atoms with Crippen molar-refractivity contribution in [1.29, 1.82) is 0 Å². The van der Waals surface area contributed by atoms with E-state index in [0.717, 1.165) is 47.6 Å². The van der Waals surface area contributed by atoms with E-state index in [0.29, 0.717) is 41.5 Å². The van der Waals surface area contributed by atoms with Gasteiger partial charge in [-0.2, -0.15) is 8.75 Å². The topological polar surface area (TPSA) is 77.8 Å². The molecule has 4 unspecified atom stereocenters. The van der Waals surface area contributed by atoms with Gasteiger partial charge in [-0.25, -0.2) is 8.78 Å². The predicted molar refractivity (Wildman–Crippen MR) is 186 cm³/mol.